The first-order valence-corrected chi connectivity index (χ1v) is 9.24. The summed E-state index contributed by atoms with van der Waals surface area (Å²) in [4.78, 5) is 25.4. The molecule has 0 aliphatic heterocycles. The average Bonchev–Trinajstić information content (AvgIpc) is 2.63. The van der Waals surface area contributed by atoms with E-state index in [2.05, 4.69) is 10.6 Å². The van der Waals surface area contributed by atoms with Crippen molar-refractivity contribution >= 4 is 17.5 Å². The molecule has 0 spiro atoms. The van der Waals surface area contributed by atoms with Crippen LogP contribution in [-0.2, 0) is 4.79 Å². The normalized spacial score (nSPS) is 11.8. The van der Waals surface area contributed by atoms with Crippen LogP contribution in [0.15, 0.2) is 42.5 Å². The number of aryl methyl sites for hydroxylation is 2. The quantitative estimate of drug-likeness (QED) is 0.773. The lowest BCUT2D eigenvalue weighted by Gasteiger charge is -2.23. The number of hydrogen-bond donors (Lipinski definition) is 2. The van der Waals surface area contributed by atoms with E-state index in [-0.39, 0.29) is 17.7 Å². The predicted octanol–water partition coefficient (Wildman–Crippen LogP) is 4.10. The van der Waals surface area contributed by atoms with Gasteiger partial charge < -0.3 is 15.4 Å². The number of carbonyl (C=O) groups excluding carboxylic acids is 2. The van der Waals surface area contributed by atoms with Crippen LogP contribution in [0.5, 0.6) is 5.75 Å². The molecule has 27 heavy (non-hydrogen) atoms. The van der Waals surface area contributed by atoms with Crippen molar-refractivity contribution in [1.29, 1.82) is 0 Å². The highest BCUT2D eigenvalue weighted by molar-refractivity contribution is 6.01. The van der Waals surface area contributed by atoms with Crippen LogP contribution in [0.25, 0.3) is 0 Å². The summed E-state index contributed by atoms with van der Waals surface area (Å²) in [5, 5.41) is 5.82. The van der Waals surface area contributed by atoms with E-state index in [1.165, 1.54) is 0 Å². The Bertz CT molecular complexity index is 777. The fourth-order valence-electron chi connectivity index (χ4n) is 2.84. The minimum Gasteiger partial charge on any atom is -0.494 e. The lowest BCUT2D eigenvalue weighted by molar-refractivity contribution is -0.118. The van der Waals surface area contributed by atoms with Gasteiger partial charge in [0.2, 0.25) is 5.91 Å². The van der Waals surface area contributed by atoms with E-state index in [0.29, 0.717) is 17.9 Å². The first-order valence-electron chi connectivity index (χ1n) is 9.24. The van der Waals surface area contributed by atoms with Crippen LogP contribution in [-0.4, -0.2) is 24.5 Å². The van der Waals surface area contributed by atoms with Gasteiger partial charge >= 0.3 is 0 Å². The molecule has 2 amide bonds. The van der Waals surface area contributed by atoms with E-state index < -0.39 is 6.04 Å². The number of hydrogen-bond acceptors (Lipinski definition) is 3. The van der Waals surface area contributed by atoms with E-state index in [1.54, 1.807) is 24.3 Å². The molecular weight excluding hydrogens is 340 g/mol. The summed E-state index contributed by atoms with van der Waals surface area (Å²) in [6.07, 6.45) is 0. The van der Waals surface area contributed by atoms with Crippen molar-refractivity contribution < 1.29 is 14.3 Å². The van der Waals surface area contributed by atoms with E-state index in [9.17, 15) is 9.59 Å². The fraction of sp³-hybridized carbons (Fsp3) is 0.364. The number of nitrogens with one attached hydrogen (secondary N) is 2. The minimum absolute atomic E-state index is 0.0547. The summed E-state index contributed by atoms with van der Waals surface area (Å²) in [6.45, 7) is 10.2. The lowest BCUT2D eigenvalue weighted by atomic mass is 10.0. The van der Waals surface area contributed by atoms with Crippen molar-refractivity contribution in [2.24, 2.45) is 5.92 Å². The van der Waals surface area contributed by atoms with Gasteiger partial charge in [-0.2, -0.15) is 0 Å². The van der Waals surface area contributed by atoms with Crippen LogP contribution in [0.3, 0.4) is 0 Å². The SMILES string of the molecule is CCOc1ccc(C(=O)NC(C(=O)Nc2c(C)cccc2C)C(C)C)cc1. The van der Waals surface area contributed by atoms with Gasteiger partial charge in [-0.15, -0.1) is 0 Å². The molecule has 0 heterocycles. The number of anilines is 1. The molecule has 0 aromatic heterocycles. The minimum atomic E-state index is -0.636. The van der Waals surface area contributed by atoms with E-state index >= 15 is 0 Å². The first kappa shape index (κ1) is 20.5. The molecule has 2 aromatic rings. The monoisotopic (exact) mass is 368 g/mol. The Morgan fingerprint density at radius 2 is 1.59 bits per heavy atom. The van der Waals surface area contributed by atoms with Crippen LogP contribution in [0, 0.1) is 19.8 Å². The van der Waals surface area contributed by atoms with Crippen molar-refractivity contribution in [2.75, 3.05) is 11.9 Å². The first-order chi connectivity index (χ1) is 12.8. The molecule has 0 saturated carbocycles. The van der Waals surface area contributed by atoms with Gasteiger partial charge in [-0.3, -0.25) is 9.59 Å². The van der Waals surface area contributed by atoms with Gasteiger partial charge in [-0.25, -0.2) is 0 Å². The summed E-state index contributed by atoms with van der Waals surface area (Å²) in [7, 11) is 0. The standard InChI is InChI=1S/C22H28N2O3/c1-6-27-18-12-10-17(11-13-18)21(25)23-19(14(2)3)22(26)24-20-15(4)8-7-9-16(20)5/h7-14,19H,6H2,1-5H3,(H,23,25)(H,24,26). The third-order valence-corrected chi connectivity index (χ3v) is 4.39. The maximum Gasteiger partial charge on any atom is 0.251 e. The molecule has 1 atom stereocenters. The largest absolute Gasteiger partial charge is 0.494 e. The molecule has 0 fully saturated rings. The summed E-state index contributed by atoms with van der Waals surface area (Å²) in [6, 6.07) is 12.1. The van der Waals surface area contributed by atoms with E-state index in [0.717, 1.165) is 16.8 Å². The van der Waals surface area contributed by atoms with Gasteiger partial charge in [0, 0.05) is 11.3 Å². The second-order valence-corrected chi connectivity index (χ2v) is 6.91. The molecule has 0 bridgehead atoms. The Balaban J connectivity index is 2.12. The van der Waals surface area contributed by atoms with Gasteiger partial charge in [0.1, 0.15) is 11.8 Å². The predicted molar refractivity (Wildman–Crippen MR) is 108 cm³/mol. The number of benzene rings is 2. The van der Waals surface area contributed by atoms with Crippen LogP contribution >= 0.6 is 0 Å². The molecule has 2 aromatic carbocycles. The second-order valence-electron chi connectivity index (χ2n) is 6.91. The maximum absolute atomic E-state index is 12.8. The zero-order valence-corrected chi connectivity index (χ0v) is 16.6. The van der Waals surface area contributed by atoms with Gasteiger partial charge in [-0.05, 0) is 62.1 Å². The molecule has 2 rings (SSSR count). The summed E-state index contributed by atoms with van der Waals surface area (Å²) in [5.74, 6) is 0.151. The molecule has 2 N–H and O–H groups in total. The molecule has 0 aliphatic rings. The summed E-state index contributed by atoms with van der Waals surface area (Å²) < 4.78 is 5.39. The zero-order chi connectivity index (χ0) is 20.0. The van der Waals surface area contributed by atoms with Crippen molar-refractivity contribution in [3.05, 3.63) is 59.2 Å². The van der Waals surface area contributed by atoms with Crippen LogP contribution in [0.2, 0.25) is 0 Å². The van der Waals surface area contributed by atoms with Crippen LogP contribution < -0.4 is 15.4 Å². The molecular formula is C22H28N2O3. The Morgan fingerprint density at radius 1 is 1.00 bits per heavy atom. The van der Waals surface area contributed by atoms with Gasteiger partial charge in [0.25, 0.3) is 5.91 Å². The topological polar surface area (TPSA) is 67.4 Å². The second kappa shape index (κ2) is 9.21. The average molecular weight is 368 g/mol. The van der Waals surface area contributed by atoms with E-state index in [1.807, 2.05) is 52.8 Å². The third-order valence-electron chi connectivity index (χ3n) is 4.39. The zero-order valence-electron chi connectivity index (χ0n) is 16.6. The Hall–Kier alpha value is -2.82. The van der Waals surface area contributed by atoms with Crippen LogP contribution in [0.1, 0.15) is 42.3 Å². The highest BCUT2D eigenvalue weighted by Crippen LogP contribution is 2.20. The molecule has 1 unspecified atom stereocenters. The molecule has 0 radical (unpaired) electrons. The number of rotatable bonds is 7. The number of amides is 2. The highest BCUT2D eigenvalue weighted by atomic mass is 16.5. The smallest absolute Gasteiger partial charge is 0.251 e. The van der Waals surface area contributed by atoms with Crippen molar-refractivity contribution in [2.45, 2.75) is 40.7 Å². The lowest BCUT2D eigenvalue weighted by Crippen LogP contribution is -2.47. The molecule has 144 valence electrons. The molecule has 5 heteroatoms. The van der Waals surface area contributed by atoms with Crippen molar-refractivity contribution in [3.8, 4) is 5.75 Å². The fourth-order valence-corrected chi connectivity index (χ4v) is 2.84. The van der Waals surface area contributed by atoms with Crippen molar-refractivity contribution in [3.63, 3.8) is 0 Å². The number of carbonyl (C=O) groups is 2. The maximum atomic E-state index is 12.8. The Kier molecular flexibility index (Phi) is 6.99. The van der Waals surface area contributed by atoms with Crippen molar-refractivity contribution in [1.82, 2.24) is 5.32 Å². The number of ether oxygens (including phenoxy) is 1. The number of para-hydroxylation sites is 1. The molecule has 0 saturated heterocycles. The van der Waals surface area contributed by atoms with Gasteiger partial charge in [0.05, 0.1) is 6.61 Å². The van der Waals surface area contributed by atoms with Gasteiger partial charge in [-0.1, -0.05) is 32.0 Å². The van der Waals surface area contributed by atoms with Crippen LogP contribution in [0.4, 0.5) is 5.69 Å². The Labute approximate surface area is 161 Å². The molecule has 0 aliphatic carbocycles. The summed E-state index contributed by atoms with van der Waals surface area (Å²) in [5.41, 5.74) is 3.26. The Morgan fingerprint density at radius 3 is 2.11 bits per heavy atom. The van der Waals surface area contributed by atoms with Gasteiger partial charge in [0.15, 0.2) is 0 Å². The highest BCUT2D eigenvalue weighted by Gasteiger charge is 2.25. The molecule has 5 nitrogen and oxygen atoms in total. The van der Waals surface area contributed by atoms with E-state index in [4.69, 9.17) is 4.74 Å². The third kappa shape index (κ3) is 5.33. The summed E-state index contributed by atoms with van der Waals surface area (Å²) >= 11 is 0.